The number of hydrogen-bond acceptors (Lipinski definition) is 3. The third kappa shape index (κ3) is 4.06. The summed E-state index contributed by atoms with van der Waals surface area (Å²) in [5, 5.41) is 0. The number of halogens is 1. The van der Waals surface area contributed by atoms with E-state index in [2.05, 4.69) is 4.98 Å². The van der Waals surface area contributed by atoms with Gasteiger partial charge >= 0.3 is 0 Å². The summed E-state index contributed by atoms with van der Waals surface area (Å²) in [6, 6.07) is 12.7. The number of carbonyl (C=O) groups excluding carboxylic acids is 1. The monoisotopic (exact) mass is 445 g/mol. The minimum Gasteiger partial charge on any atom is -0.495 e. The van der Waals surface area contributed by atoms with E-state index in [0.29, 0.717) is 11.3 Å². The molecule has 6 heteroatoms. The Kier molecular flexibility index (Phi) is 5.75. The molecule has 5 nitrogen and oxygen atoms in total. The first-order chi connectivity index (χ1) is 16.0. The Balaban J connectivity index is 1.46. The lowest BCUT2D eigenvalue weighted by Gasteiger charge is -2.46. The molecule has 2 aromatic carbocycles. The molecule has 2 aliphatic heterocycles. The molecule has 2 aliphatic rings. The molecule has 0 radical (unpaired) electrons. The molecule has 170 valence electrons. The minimum atomic E-state index is -0.234. The second kappa shape index (κ2) is 8.85. The zero-order valence-corrected chi connectivity index (χ0v) is 19.0. The lowest BCUT2D eigenvalue weighted by Crippen LogP contribution is -2.49. The van der Waals surface area contributed by atoms with E-state index in [1.54, 1.807) is 19.5 Å². The number of piperidine rings is 2. The Hall–Kier alpha value is -3.41. The summed E-state index contributed by atoms with van der Waals surface area (Å²) < 4.78 is 22.1. The molecule has 0 N–H and O–H groups in total. The van der Waals surface area contributed by atoms with Gasteiger partial charge in [0.1, 0.15) is 11.6 Å². The maximum Gasteiger partial charge on any atom is 0.250 e. The second-order valence-electron chi connectivity index (χ2n) is 8.90. The van der Waals surface area contributed by atoms with Crippen LogP contribution >= 0.6 is 0 Å². The van der Waals surface area contributed by atoms with Gasteiger partial charge in [-0.1, -0.05) is 24.3 Å². The van der Waals surface area contributed by atoms with Crippen LogP contribution in [0.2, 0.25) is 0 Å². The highest BCUT2D eigenvalue weighted by Crippen LogP contribution is 2.41. The summed E-state index contributed by atoms with van der Waals surface area (Å²) in [5.74, 6) is 0.500. The lowest BCUT2D eigenvalue weighted by molar-refractivity contribution is -0.136. The quantitative estimate of drug-likeness (QED) is 0.489. The third-order valence-corrected chi connectivity index (χ3v) is 6.80. The second-order valence-corrected chi connectivity index (χ2v) is 8.90. The smallest absolute Gasteiger partial charge is 0.250 e. The van der Waals surface area contributed by atoms with Crippen LogP contribution in [-0.4, -0.2) is 33.5 Å². The molecule has 5 rings (SSSR count). The van der Waals surface area contributed by atoms with Crippen molar-refractivity contribution in [2.75, 3.05) is 7.11 Å². The lowest BCUT2D eigenvalue weighted by atomic mass is 9.83. The number of benzene rings is 2. The highest BCUT2D eigenvalue weighted by atomic mass is 19.1. The largest absolute Gasteiger partial charge is 0.495 e. The standard InChI is InChI=1S/C27H28FN3O2/c1-18-16-30(17-29-18)25-13-10-19(15-26(25)33-2)14-20-11-12-21-6-5-9-24(31(21)27(20)32)22-7-3-4-8-23(22)28/h3-4,7-8,10,13-17,21,24H,5-6,9,11-12H2,1-2H3/b20-14-/t21-,24?/m0/s1. The number of fused-ring (bicyclic) bond motifs is 1. The summed E-state index contributed by atoms with van der Waals surface area (Å²) in [6.07, 6.45) is 10.1. The first-order valence-electron chi connectivity index (χ1n) is 11.5. The van der Waals surface area contributed by atoms with E-state index in [1.165, 1.54) is 6.07 Å². The molecule has 2 atom stereocenters. The van der Waals surface area contributed by atoms with Crippen LogP contribution in [0.4, 0.5) is 4.39 Å². The van der Waals surface area contributed by atoms with Crippen molar-refractivity contribution in [3.05, 3.63) is 83.2 Å². The number of aromatic nitrogens is 2. The molecule has 0 aliphatic carbocycles. The minimum absolute atomic E-state index is 0.0208. The highest BCUT2D eigenvalue weighted by Gasteiger charge is 2.40. The predicted molar refractivity (Wildman–Crippen MR) is 126 cm³/mol. The maximum atomic E-state index is 14.6. The molecule has 1 amide bonds. The highest BCUT2D eigenvalue weighted by molar-refractivity contribution is 5.99. The number of nitrogens with zero attached hydrogens (tertiary/aromatic N) is 3. The zero-order chi connectivity index (χ0) is 22.9. The van der Waals surface area contributed by atoms with Gasteiger partial charge in [-0.3, -0.25) is 4.79 Å². The zero-order valence-electron chi connectivity index (χ0n) is 19.0. The summed E-state index contributed by atoms with van der Waals surface area (Å²) in [6.45, 7) is 1.94. The molecule has 3 heterocycles. The molecule has 3 aromatic rings. The Morgan fingerprint density at radius 3 is 2.76 bits per heavy atom. The van der Waals surface area contributed by atoms with Crippen molar-refractivity contribution in [3.8, 4) is 11.4 Å². The maximum absolute atomic E-state index is 14.6. The number of aryl methyl sites for hydroxylation is 1. The van der Waals surface area contributed by atoms with Crippen molar-refractivity contribution in [1.29, 1.82) is 0 Å². The Morgan fingerprint density at radius 2 is 2.00 bits per heavy atom. The fourth-order valence-corrected chi connectivity index (χ4v) is 5.20. The Labute approximate surface area is 193 Å². The fourth-order valence-electron chi connectivity index (χ4n) is 5.20. The van der Waals surface area contributed by atoms with Crippen molar-refractivity contribution in [2.45, 2.75) is 51.1 Å². The average Bonchev–Trinajstić information content (AvgIpc) is 3.27. The number of ether oxygens (including phenoxy) is 1. The molecule has 2 saturated heterocycles. The number of rotatable bonds is 4. The van der Waals surface area contributed by atoms with Gasteiger partial charge in [0.05, 0.1) is 30.9 Å². The van der Waals surface area contributed by atoms with Gasteiger partial charge in [-0.15, -0.1) is 0 Å². The van der Waals surface area contributed by atoms with Crippen LogP contribution in [-0.2, 0) is 4.79 Å². The SMILES string of the molecule is COc1cc(/C=C2/CC[C@@H]3CCCC(c4ccccc4F)N3C2=O)ccc1-n1cnc(C)c1. The number of amides is 1. The van der Waals surface area contributed by atoms with E-state index in [9.17, 15) is 9.18 Å². The molecule has 0 spiro atoms. The molecular weight excluding hydrogens is 417 g/mol. The van der Waals surface area contributed by atoms with E-state index in [0.717, 1.165) is 54.6 Å². The van der Waals surface area contributed by atoms with Crippen molar-refractivity contribution >= 4 is 12.0 Å². The van der Waals surface area contributed by atoms with E-state index in [-0.39, 0.29) is 23.8 Å². The first kappa shape index (κ1) is 21.4. The third-order valence-electron chi connectivity index (χ3n) is 6.80. The van der Waals surface area contributed by atoms with Crippen molar-refractivity contribution in [1.82, 2.24) is 14.5 Å². The molecule has 1 unspecified atom stereocenters. The summed E-state index contributed by atoms with van der Waals surface area (Å²) in [5.41, 5.74) is 4.12. The number of imidazole rings is 1. The Bertz CT molecular complexity index is 1220. The van der Waals surface area contributed by atoms with E-state index in [4.69, 9.17) is 4.74 Å². The van der Waals surface area contributed by atoms with Crippen LogP contribution < -0.4 is 4.74 Å². The summed E-state index contributed by atoms with van der Waals surface area (Å²) in [7, 11) is 1.64. The van der Waals surface area contributed by atoms with Gasteiger partial charge in [-0.2, -0.15) is 0 Å². The van der Waals surface area contributed by atoms with Gasteiger partial charge in [-0.05, 0) is 68.9 Å². The van der Waals surface area contributed by atoms with Crippen LogP contribution in [0.25, 0.3) is 11.8 Å². The summed E-state index contributed by atoms with van der Waals surface area (Å²) >= 11 is 0. The number of hydrogen-bond donors (Lipinski definition) is 0. The van der Waals surface area contributed by atoms with Gasteiger partial charge < -0.3 is 14.2 Å². The van der Waals surface area contributed by atoms with Crippen molar-refractivity contribution in [3.63, 3.8) is 0 Å². The van der Waals surface area contributed by atoms with Crippen LogP contribution in [0.5, 0.6) is 5.75 Å². The van der Waals surface area contributed by atoms with Crippen LogP contribution in [0, 0.1) is 12.7 Å². The predicted octanol–water partition coefficient (Wildman–Crippen LogP) is 5.63. The van der Waals surface area contributed by atoms with E-state index < -0.39 is 0 Å². The topological polar surface area (TPSA) is 47.4 Å². The van der Waals surface area contributed by atoms with E-state index >= 15 is 0 Å². The average molecular weight is 446 g/mol. The van der Waals surface area contributed by atoms with Crippen molar-refractivity contribution < 1.29 is 13.9 Å². The van der Waals surface area contributed by atoms with Gasteiger partial charge in [-0.25, -0.2) is 9.37 Å². The molecular formula is C27H28FN3O2. The van der Waals surface area contributed by atoms with Crippen molar-refractivity contribution in [2.24, 2.45) is 0 Å². The van der Waals surface area contributed by atoms with Gasteiger partial charge in [0, 0.05) is 23.4 Å². The van der Waals surface area contributed by atoms with Crippen LogP contribution in [0.3, 0.4) is 0 Å². The first-order valence-corrected chi connectivity index (χ1v) is 11.5. The van der Waals surface area contributed by atoms with E-state index in [1.807, 2.05) is 59.0 Å². The molecule has 0 saturated carbocycles. The molecule has 0 bridgehead atoms. The Morgan fingerprint density at radius 1 is 1.15 bits per heavy atom. The van der Waals surface area contributed by atoms with Gasteiger partial charge in [0.25, 0.3) is 5.91 Å². The normalized spacial score (nSPS) is 21.8. The van der Waals surface area contributed by atoms with Gasteiger partial charge in [0.2, 0.25) is 0 Å². The number of carbonyl (C=O) groups is 1. The fraction of sp³-hybridized carbons (Fsp3) is 0.333. The molecule has 2 fully saturated rings. The summed E-state index contributed by atoms with van der Waals surface area (Å²) in [4.78, 5) is 19.8. The molecule has 1 aromatic heterocycles. The van der Waals surface area contributed by atoms with Crippen LogP contribution in [0.15, 0.2) is 60.6 Å². The van der Waals surface area contributed by atoms with Gasteiger partial charge in [0.15, 0.2) is 0 Å². The van der Waals surface area contributed by atoms with Crippen LogP contribution in [0.1, 0.15) is 55.0 Å². The number of methoxy groups -OCH3 is 1. The molecule has 33 heavy (non-hydrogen) atoms.